The Bertz CT molecular complexity index is 1620. The summed E-state index contributed by atoms with van der Waals surface area (Å²) in [6, 6.07) is 35.0. The fraction of sp³-hybridized carbons (Fsp3) is 0.316. The summed E-state index contributed by atoms with van der Waals surface area (Å²) in [5.41, 5.74) is 9.58. The molecule has 5 aromatic rings. The molecule has 0 saturated heterocycles. The first-order chi connectivity index (χ1) is 19.6. The monoisotopic (exact) mass is 541 g/mol. The van der Waals surface area contributed by atoms with Crippen molar-refractivity contribution in [3.63, 3.8) is 0 Å². The van der Waals surface area contributed by atoms with Crippen LogP contribution in [0.3, 0.4) is 0 Å². The molecule has 4 aromatic carbocycles. The second-order valence-corrected chi connectivity index (χ2v) is 12.9. The van der Waals surface area contributed by atoms with Gasteiger partial charge < -0.3 is 0 Å². The predicted octanol–water partition coefficient (Wildman–Crippen LogP) is 10.3. The van der Waals surface area contributed by atoms with Crippen LogP contribution in [0.25, 0.3) is 39.3 Å². The smallest absolute Gasteiger partial charge is 0.168 e. The lowest BCUT2D eigenvalue weighted by Crippen LogP contribution is -2.23. The van der Waals surface area contributed by atoms with E-state index in [1.54, 1.807) is 0 Å². The first kappa shape index (κ1) is 28.5. The van der Waals surface area contributed by atoms with E-state index in [-0.39, 0.29) is 10.8 Å². The van der Waals surface area contributed by atoms with Crippen LogP contribution in [0.5, 0.6) is 0 Å². The van der Waals surface area contributed by atoms with Crippen molar-refractivity contribution in [2.24, 2.45) is 0 Å². The van der Waals surface area contributed by atoms with Crippen LogP contribution in [-0.4, -0.2) is 14.8 Å². The highest BCUT2D eigenvalue weighted by atomic mass is 15.3. The zero-order chi connectivity index (χ0) is 29.2. The second-order valence-electron chi connectivity index (χ2n) is 12.9. The molecule has 0 bridgehead atoms. The molecule has 0 saturated carbocycles. The van der Waals surface area contributed by atoms with Gasteiger partial charge >= 0.3 is 0 Å². The zero-order valence-electron chi connectivity index (χ0n) is 25.7. The van der Waals surface area contributed by atoms with Crippen LogP contribution in [0.1, 0.15) is 77.8 Å². The molecule has 0 unspecified atom stereocenters. The van der Waals surface area contributed by atoms with Gasteiger partial charge in [0.05, 0.1) is 5.69 Å². The normalized spacial score (nSPS) is 12.1. The van der Waals surface area contributed by atoms with E-state index >= 15 is 0 Å². The summed E-state index contributed by atoms with van der Waals surface area (Å²) in [6.45, 7) is 15.8. The van der Waals surface area contributed by atoms with Gasteiger partial charge in [-0.3, -0.25) is 4.57 Å². The molecule has 0 aliphatic carbocycles. The van der Waals surface area contributed by atoms with Gasteiger partial charge in [-0.15, -0.1) is 10.2 Å². The highest BCUT2D eigenvalue weighted by Gasteiger charge is 2.30. The van der Waals surface area contributed by atoms with Crippen LogP contribution in [0.4, 0.5) is 0 Å². The summed E-state index contributed by atoms with van der Waals surface area (Å²) in [4.78, 5) is 0. The van der Waals surface area contributed by atoms with Gasteiger partial charge in [-0.25, -0.2) is 0 Å². The summed E-state index contributed by atoms with van der Waals surface area (Å²) in [5, 5.41) is 9.72. The second kappa shape index (κ2) is 11.5. The molecule has 0 fully saturated rings. The summed E-state index contributed by atoms with van der Waals surface area (Å²) in [5.74, 6) is 1.89. The predicted molar refractivity (Wildman–Crippen MR) is 174 cm³/mol. The lowest BCUT2D eigenvalue weighted by atomic mass is 9.86. The third-order valence-corrected chi connectivity index (χ3v) is 8.17. The molecule has 1 aromatic heterocycles. The molecular weight excluding hydrogens is 498 g/mol. The number of nitrogens with zero attached hydrogens (tertiary/aromatic N) is 3. The van der Waals surface area contributed by atoms with Gasteiger partial charge in [0.25, 0.3) is 0 Å². The van der Waals surface area contributed by atoms with Crippen molar-refractivity contribution in [2.45, 2.75) is 78.6 Å². The van der Waals surface area contributed by atoms with Gasteiger partial charge in [-0.1, -0.05) is 133 Å². The van der Waals surface area contributed by atoms with E-state index in [4.69, 9.17) is 10.2 Å². The first-order valence-electron chi connectivity index (χ1n) is 14.9. The van der Waals surface area contributed by atoms with E-state index < -0.39 is 0 Å². The largest absolute Gasteiger partial charge is 0.278 e. The van der Waals surface area contributed by atoms with Gasteiger partial charge in [-0.05, 0) is 70.3 Å². The number of hydrogen-bond donors (Lipinski definition) is 0. The molecule has 3 heteroatoms. The molecule has 0 aliphatic rings. The molecule has 0 atom stereocenters. The van der Waals surface area contributed by atoms with E-state index in [1.807, 2.05) is 0 Å². The molecule has 5 rings (SSSR count). The Morgan fingerprint density at radius 2 is 1.24 bits per heavy atom. The van der Waals surface area contributed by atoms with Crippen molar-refractivity contribution in [3.05, 3.63) is 114 Å². The molecule has 1 heterocycles. The maximum absolute atomic E-state index is 4.87. The van der Waals surface area contributed by atoms with Crippen LogP contribution in [0.15, 0.2) is 97.1 Å². The molecule has 210 valence electrons. The third kappa shape index (κ3) is 6.05. The van der Waals surface area contributed by atoms with Gasteiger partial charge in [-0.2, -0.15) is 0 Å². The van der Waals surface area contributed by atoms with E-state index in [2.05, 4.69) is 150 Å². The van der Waals surface area contributed by atoms with Crippen molar-refractivity contribution < 1.29 is 0 Å². The molecule has 0 spiro atoms. The van der Waals surface area contributed by atoms with Crippen molar-refractivity contribution in [3.8, 4) is 39.3 Å². The lowest BCUT2D eigenvalue weighted by molar-refractivity contribution is 0.425. The summed E-state index contributed by atoms with van der Waals surface area (Å²) in [7, 11) is 0. The van der Waals surface area contributed by atoms with Crippen molar-refractivity contribution >= 4 is 0 Å². The number of aryl methyl sites for hydroxylation is 1. The van der Waals surface area contributed by atoms with E-state index in [0.717, 1.165) is 42.2 Å². The molecular formula is C38H43N3. The summed E-state index contributed by atoms with van der Waals surface area (Å²) in [6.07, 6.45) is 3.37. The van der Waals surface area contributed by atoms with Gasteiger partial charge in [0.15, 0.2) is 5.82 Å². The topological polar surface area (TPSA) is 30.7 Å². The Kier molecular flexibility index (Phi) is 8.00. The number of unbranched alkanes of at least 4 members (excludes halogenated alkanes) is 1. The van der Waals surface area contributed by atoms with Gasteiger partial charge in [0.2, 0.25) is 0 Å². The van der Waals surface area contributed by atoms with Crippen molar-refractivity contribution in [2.75, 3.05) is 0 Å². The first-order valence-corrected chi connectivity index (χ1v) is 14.9. The average Bonchev–Trinajstić information content (AvgIpc) is 3.42. The third-order valence-electron chi connectivity index (χ3n) is 8.17. The average molecular weight is 542 g/mol. The summed E-state index contributed by atoms with van der Waals surface area (Å²) >= 11 is 0. The van der Waals surface area contributed by atoms with Crippen LogP contribution in [0.2, 0.25) is 0 Å². The fourth-order valence-corrected chi connectivity index (χ4v) is 5.59. The Morgan fingerprint density at radius 3 is 1.90 bits per heavy atom. The molecule has 3 nitrogen and oxygen atoms in total. The fourth-order valence-electron chi connectivity index (χ4n) is 5.59. The van der Waals surface area contributed by atoms with Crippen LogP contribution >= 0.6 is 0 Å². The van der Waals surface area contributed by atoms with Crippen molar-refractivity contribution in [1.82, 2.24) is 14.8 Å². The number of hydrogen-bond acceptors (Lipinski definition) is 2. The van der Waals surface area contributed by atoms with Crippen LogP contribution in [0, 0.1) is 6.92 Å². The highest BCUT2D eigenvalue weighted by Crippen LogP contribution is 2.36. The molecule has 0 N–H and O–H groups in total. The Labute approximate surface area is 246 Å². The van der Waals surface area contributed by atoms with Crippen LogP contribution in [-0.2, 0) is 10.8 Å². The van der Waals surface area contributed by atoms with Gasteiger partial charge in [0.1, 0.15) is 5.82 Å². The Morgan fingerprint density at radius 1 is 0.634 bits per heavy atom. The standard InChI is InChI=1S/C38H43N3/c1-8-9-24-38(6,7)36-40-39-35(41(36)34-23-20-31(25-27(34)2)28-14-11-10-12-15-28)32-17-13-16-30(26-32)29-18-21-33(22-19-29)37(3,4)5/h10-23,25-26H,8-9,24H2,1-7H3. The van der Waals surface area contributed by atoms with Crippen molar-refractivity contribution in [1.29, 1.82) is 0 Å². The maximum atomic E-state index is 4.87. The maximum Gasteiger partial charge on any atom is 0.168 e. The molecule has 41 heavy (non-hydrogen) atoms. The molecule has 0 radical (unpaired) electrons. The zero-order valence-corrected chi connectivity index (χ0v) is 25.7. The Balaban J connectivity index is 1.62. The minimum Gasteiger partial charge on any atom is -0.278 e. The number of aromatic nitrogens is 3. The van der Waals surface area contributed by atoms with Crippen LogP contribution < -0.4 is 0 Å². The number of rotatable bonds is 8. The van der Waals surface area contributed by atoms with E-state index in [0.29, 0.717) is 0 Å². The molecule has 0 aliphatic heterocycles. The SMILES string of the molecule is CCCCC(C)(C)c1nnc(-c2cccc(-c3ccc(C(C)(C)C)cc3)c2)n1-c1ccc(-c2ccccc2)cc1C. The van der Waals surface area contributed by atoms with E-state index in [9.17, 15) is 0 Å². The summed E-state index contributed by atoms with van der Waals surface area (Å²) < 4.78 is 2.31. The number of benzene rings is 4. The minimum atomic E-state index is -0.119. The molecule has 0 amide bonds. The van der Waals surface area contributed by atoms with Gasteiger partial charge in [0, 0.05) is 11.0 Å². The quantitative estimate of drug-likeness (QED) is 0.196. The van der Waals surface area contributed by atoms with E-state index in [1.165, 1.54) is 33.4 Å². The minimum absolute atomic E-state index is 0.119. The Hall–Kier alpha value is -3.98. The highest BCUT2D eigenvalue weighted by molar-refractivity contribution is 5.72. The lowest BCUT2D eigenvalue weighted by Gasteiger charge is -2.26.